The Hall–Kier alpha value is -3.64. The van der Waals surface area contributed by atoms with Crippen molar-refractivity contribution in [2.75, 3.05) is 21.3 Å². The zero-order valence-corrected chi connectivity index (χ0v) is 20.6. The first-order chi connectivity index (χ1) is 16.5. The Morgan fingerprint density at radius 1 is 0.912 bits per heavy atom. The number of ether oxygens (including phenoxy) is 3. The summed E-state index contributed by atoms with van der Waals surface area (Å²) in [6, 6.07) is 18.8. The Labute approximate surface area is 206 Å². The average molecular weight is 519 g/mol. The van der Waals surface area contributed by atoms with Crippen LogP contribution in [0, 0.1) is 0 Å². The van der Waals surface area contributed by atoms with Crippen LogP contribution in [0.5, 0.6) is 17.2 Å². The fraction of sp³-hybridized carbons (Fsp3) is 0.143. The van der Waals surface area contributed by atoms with E-state index >= 15 is 0 Å². The molecule has 172 valence electrons. The summed E-state index contributed by atoms with van der Waals surface area (Å²) >= 11 is 3.52. The second-order valence-corrected chi connectivity index (χ2v) is 8.59. The van der Waals surface area contributed by atoms with E-state index in [0.29, 0.717) is 28.4 Å². The standard InChI is InChI=1S/C28H23BrO5/c1-32-24-13-17(14-25(33-2)28(24)34-3)9-12-22(30)27-23(31)15-19-10-11-20(29)16-21(19)26(27)18-7-5-4-6-8-18/h4-14,16H,15H2,1-3H3/b12-9+. The predicted octanol–water partition coefficient (Wildman–Crippen LogP) is 5.68. The smallest absolute Gasteiger partial charge is 0.203 e. The van der Waals surface area contributed by atoms with Crippen LogP contribution >= 0.6 is 15.9 Å². The monoisotopic (exact) mass is 518 g/mol. The van der Waals surface area contributed by atoms with Crippen molar-refractivity contribution in [1.82, 2.24) is 0 Å². The van der Waals surface area contributed by atoms with E-state index in [0.717, 1.165) is 21.2 Å². The molecule has 6 heteroatoms. The molecule has 3 aromatic rings. The number of carbonyl (C=O) groups is 2. The van der Waals surface area contributed by atoms with E-state index in [1.165, 1.54) is 27.4 Å². The van der Waals surface area contributed by atoms with E-state index < -0.39 is 0 Å². The molecule has 1 aliphatic rings. The second-order valence-electron chi connectivity index (χ2n) is 7.67. The first-order valence-electron chi connectivity index (χ1n) is 10.6. The van der Waals surface area contributed by atoms with Crippen LogP contribution in [0.1, 0.15) is 22.3 Å². The van der Waals surface area contributed by atoms with E-state index in [1.807, 2.05) is 48.5 Å². The van der Waals surface area contributed by atoms with Crippen molar-refractivity contribution in [3.63, 3.8) is 0 Å². The molecule has 0 fully saturated rings. The summed E-state index contributed by atoms with van der Waals surface area (Å²) < 4.78 is 17.0. The number of ketones is 2. The number of Topliss-reactive ketones (excluding diaryl/α,β-unsaturated/α-hetero) is 1. The minimum absolute atomic E-state index is 0.179. The summed E-state index contributed by atoms with van der Waals surface area (Å²) in [6.45, 7) is 0. The van der Waals surface area contributed by atoms with Crippen molar-refractivity contribution < 1.29 is 23.8 Å². The number of halogens is 1. The van der Waals surface area contributed by atoms with Crippen molar-refractivity contribution in [2.24, 2.45) is 0 Å². The second kappa shape index (κ2) is 10.1. The molecule has 5 nitrogen and oxygen atoms in total. The van der Waals surface area contributed by atoms with Gasteiger partial charge in [-0.15, -0.1) is 0 Å². The van der Waals surface area contributed by atoms with Gasteiger partial charge in [-0.05, 0) is 52.6 Å². The fourth-order valence-corrected chi connectivity index (χ4v) is 4.45. The fourth-order valence-electron chi connectivity index (χ4n) is 4.09. The Morgan fingerprint density at radius 2 is 1.59 bits per heavy atom. The number of methoxy groups -OCH3 is 3. The van der Waals surface area contributed by atoms with Crippen LogP contribution < -0.4 is 14.2 Å². The van der Waals surface area contributed by atoms with E-state index in [-0.39, 0.29) is 23.6 Å². The zero-order valence-electron chi connectivity index (χ0n) is 19.1. The van der Waals surface area contributed by atoms with Gasteiger partial charge in [0.15, 0.2) is 23.1 Å². The van der Waals surface area contributed by atoms with Gasteiger partial charge in [0.25, 0.3) is 0 Å². The topological polar surface area (TPSA) is 61.8 Å². The number of hydrogen-bond acceptors (Lipinski definition) is 5. The van der Waals surface area contributed by atoms with Gasteiger partial charge in [0, 0.05) is 16.5 Å². The van der Waals surface area contributed by atoms with Gasteiger partial charge in [0.05, 0.1) is 26.9 Å². The Morgan fingerprint density at radius 3 is 2.21 bits per heavy atom. The lowest BCUT2D eigenvalue weighted by molar-refractivity contribution is -0.119. The van der Waals surface area contributed by atoms with E-state index in [2.05, 4.69) is 15.9 Å². The number of allylic oxidation sites excluding steroid dienone is 2. The van der Waals surface area contributed by atoms with Gasteiger partial charge in [-0.2, -0.15) is 0 Å². The molecule has 0 spiro atoms. The van der Waals surface area contributed by atoms with Crippen LogP contribution in [0.4, 0.5) is 0 Å². The number of benzene rings is 3. The molecule has 0 heterocycles. The van der Waals surface area contributed by atoms with E-state index in [9.17, 15) is 9.59 Å². The number of fused-ring (bicyclic) bond motifs is 1. The lowest BCUT2D eigenvalue weighted by Gasteiger charge is -2.22. The van der Waals surface area contributed by atoms with Crippen molar-refractivity contribution >= 4 is 39.1 Å². The normalized spacial score (nSPS) is 13.1. The summed E-state index contributed by atoms with van der Waals surface area (Å²) in [5.74, 6) is 0.861. The molecular weight excluding hydrogens is 496 g/mol. The molecule has 0 bridgehead atoms. The molecule has 4 rings (SSSR count). The van der Waals surface area contributed by atoms with Gasteiger partial charge in [-0.25, -0.2) is 0 Å². The summed E-state index contributed by atoms with van der Waals surface area (Å²) in [7, 11) is 4.59. The van der Waals surface area contributed by atoms with E-state index in [4.69, 9.17) is 14.2 Å². The SMILES string of the molecule is COc1cc(/C=C/C(=O)C2=C(c3ccccc3)c3cc(Br)ccc3CC2=O)cc(OC)c1OC. The molecule has 0 atom stereocenters. The van der Waals surface area contributed by atoms with Crippen molar-refractivity contribution in [1.29, 1.82) is 0 Å². The van der Waals surface area contributed by atoms with Crippen LogP contribution in [0.15, 0.2) is 76.8 Å². The predicted molar refractivity (Wildman–Crippen MR) is 135 cm³/mol. The highest BCUT2D eigenvalue weighted by Crippen LogP contribution is 2.39. The molecule has 0 unspecified atom stereocenters. The molecule has 0 saturated heterocycles. The first kappa shape index (κ1) is 23.5. The molecule has 3 aromatic carbocycles. The summed E-state index contributed by atoms with van der Waals surface area (Å²) in [4.78, 5) is 26.6. The average Bonchev–Trinajstić information content (AvgIpc) is 2.86. The third-order valence-electron chi connectivity index (χ3n) is 5.64. The molecule has 0 amide bonds. The summed E-state index contributed by atoms with van der Waals surface area (Å²) in [5, 5.41) is 0. The maximum absolute atomic E-state index is 13.4. The first-order valence-corrected chi connectivity index (χ1v) is 11.4. The number of hydrogen-bond donors (Lipinski definition) is 0. The van der Waals surface area contributed by atoms with E-state index in [1.54, 1.807) is 18.2 Å². The van der Waals surface area contributed by atoms with Gasteiger partial charge in [-0.3, -0.25) is 9.59 Å². The lowest BCUT2D eigenvalue weighted by Crippen LogP contribution is -2.21. The maximum Gasteiger partial charge on any atom is 0.203 e. The summed E-state index contributed by atoms with van der Waals surface area (Å²) in [5.41, 5.74) is 4.10. The summed E-state index contributed by atoms with van der Waals surface area (Å²) in [6.07, 6.45) is 3.24. The molecule has 0 N–H and O–H groups in total. The largest absolute Gasteiger partial charge is 0.493 e. The molecular formula is C28H23BrO5. The van der Waals surface area contributed by atoms with Crippen molar-refractivity contribution in [3.8, 4) is 17.2 Å². The van der Waals surface area contributed by atoms with Crippen LogP contribution in [-0.4, -0.2) is 32.9 Å². The van der Waals surface area contributed by atoms with Crippen molar-refractivity contribution in [2.45, 2.75) is 6.42 Å². The molecule has 0 aromatic heterocycles. The highest BCUT2D eigenvalue weighted by molar-refractivity contribution is 9.10. The van der Waals surface area contributed by atoms with Gasteiger partial charge in [0.2, 0.25) is 5.75 Å². The van der Waals surface area contributed by atoms with Crippen LogP contribution in [0.3, 0.4) is 0 Å². The molecule has 1 aliphatic carbocycles. The highest BCUT2D eigenvalue weighted by atomic mass is 79.9. The minimum atomic E-state index is -0.358. The van der Waals surface area contributed by atoms with Gasteiger partial charge in [-0.1, -0.05) is 58.4 Å². The minimum Gasteiger partial charge on any atom is -0.493 e. The Bertz CT molecular complexity index is 1300. The van der Waals surface area contributed by atoms with Crippen LogP contribution in [0.25, 0.3) is 11.6 Å². The quantitative estimate of drug-likeness (QED) is 0.297. The van der Waals surface area contributed by atoms with Crippen LogP contribution in [0.2, 0.25) is 0 Å². The highest BCUT2D eigenvalue weighted by Gasteiger charge is 2.30. The van der Waals surface area contributed by atoms with Gasteiger partial charge in [0.1, 0.15) is 0 Å². The van der Waals surface area contributed by atoms with Gasteiger partial charge >= 0.3 is 0 Å². The maximum atomic E-state index is 13.4. The third kappa shape index (κ3) is 4.54. The number of carbonyl (C=O) groups excluding carboxylic acids is 2. The van der Waals surface area contributed by atoms with Gasteiger partial charge < -0.3 is 14.2 Å². The number of rotatable bonds is 7. The molecule has 34 heavy (non-hydrogen) atoms. The third-order valence-corrected chi connectivity index (χ3v) is 6.14. The molecule has 0 saturated carbocycles. The zero-order chi connectivity index (χ0) is 24.2. The Kier molecular flexibility index (Phi) is 6.98. The van der Waals surface area contributed by atoms with Crippen LogP contribution in [-0.2, 0) is 16.0 Å². The molecule has 0 radical (unpaired) electrons. The Balaban J connectivity index is 1.82. The molecule has 0 aliphatic heterocycles. The lowest BCUT2D eigenvalue weighted by atomic mass is 9.80. The van der Waals surface area contributed by atoms with Crippen molar-refractivity contribution in [3.05, 3.63) is 99.0 Å².